The summed E-state index contributed by atoms with van der Waals surface area (Å²) in [5.74, 6) is -1.23. The number of carboxylic acids is 1. The summed E-state index contributed by atoms with van der Waals surface area (Å²) in [5, 5.41) is 16.4. The number of nitrogens with zero attached hydrogens (tertiary/aromatic N) is 2. The Labute approximate surface area is 243 Å². The molecule has 0 aliphatic carbocycles. The van der Waals surface area contributed by atoms with Crippen LogP contribution in [0.3, 0.4) is 0 Å². The molecular weight excluding hydrogens is 491 g/mol. The van der Waals surface area contributed by atoms with Crippen molar-refractivity contribution < 1.29 is 44.3 Å². The summed E-state index contributed by atoms with van der Waals surface area (Å²) in [6, 6.07) is 21.5. The third-order valence-electron chi connectivity index (χ3n) is 6.09. The third-order valence-corrected chi connectivity index (χ3v) is 6.09. The summed E-state index contributed by atoms with van der Waals surface area (Å²) in [6.07, 6.45) is 3.18. The molecule has 0 aliphatic rings. The first kappa shape index (κ1) is 28.8. The number of amides is 2. The maximum absolute atomic E-state index is 13.1. The fourth-order valence-corrected chi connectivity index (χ4v) is 4.00. The first-order chi connectivity index (χ1) is 17.8. The molecule has 2 aromatic heterocycles. The molecule has 0 saturated carbocycles. The van der Waals surface area contributed by atoms with Crippen LogP contribution in [0.4, 0.5) is 16.2 Å². The molecule has 38 heavy (non-hydrogen) atoms. The van der Waals surface area contributed by atoms with E-state index in [1.54, 1.807) is 35.0 Å². The molecular formula is C29H27N4NaO4. The number of nitrogens with one attached hydrogen (secondary N) is 2. The molecule has 8 nitrogen and oxygen atoms in total. The quantitative estimate of drug-likeness (QED) is 0.340. The molecule has 0 radical (unpaired) electrons. The van der Waals surface area contributed by atoms with Gasteiger partial charge in [-0.2, -0.15) is 0 Å². The Bertz CT molecular complexity index is 1470. The van der Waals surface area contributed by atoms with E-state index in [2.05, 4.69) is 15.6 Å². The van der Waals surface area contributed by atoms with Crippen molar-refractivity contribution in [1.82, 2.24) is 9.55 Å². The Morgan fingerprint density at radius 1 is 0.974 bits per heavy atom. The van der Waals surface area contributed by atoms with Crippen molar-refractivity contribution in [1.29, 1.82) is 0 Å². The summed E-state index contributed by atoms with van der Waals surface area (Å²) in [5.41, 5.74) is 4.73. The number of aromatic nitrogens is 2. The van der Waals surface area contributed by atoms with Crippen LogP contribution in [0.1, 0.15) is 36.0 Å². The van der Waals surface area contributed by atoms with E-state index in [4.69, 9.17) is 0 Å². The van der Waals surface area contributed by atoms with Crippen molar-refractivity contribution in [3.8, 4) is 11.3 Å². The van der Waals surface area contributed by atoms with Gasteiger partial charge in [0, 0.05) is 17.9 Å². The van der Waals surface area contributed by atoms with Gasteiger partial charge in [-0.05, 0) is 66.3 Å². The molecule has 0 aliphatic heterocycles. The molecule has 0 spiro atoms. The summed E-state index contributed by atoms with van der Waals surface area (Å²) in [4.78, 5) is 40.7. The first-order valence-electron chi connectivity index (χ1n) is 11.9. The molecule has 1 atom stereocenters. The van der Waals surface area contributed by atoms with Crippen molar-refractivity contribution >= 4 is 23.4 Å². The van der Waals surface area contributed by atoms with Crippen molar-refractivity contribution in [2.24, 2.45) is 0 Å². The number of pyridine rings is 2. The number of aliphatic carboxylic acids is 1. The van der Waals surface area contributed by atoms with E-state index in [1.165, 1.54) is 6.20 Å². The topological polar surface area (TPSA) is 116 Å². The summed E-state index contributed by atoms with van der Waals surface area (Å²) < 4.78 is 1.60. The number of carboxylic acid groups (broad SMARTS) is 1. The number of aryl methyl sites for hydroxylation is 1. The van der Waals surface area contributed by atoms with E-state index in [0.717, 1.165) is 22.4 Å². The standard InChI is InChI=1S/C29H28N4O4.Na/c1-19-6-3-4-8-25(19)32-29(37)31-23-13-14-26(30-17-23)24-7-5-15-33(28(24)36)18-21-9-11-22(12-10-21)20(2)16-27(34)35;/h3-15,17,20H,16,18H2,1-2H3,(H,34,35)(H2,31,32,37);/q;+1/p-1/t20-;/m1./s1. The second-order valence-electron chi connectivity index (χ2n) is 8.90. The Kier molecular flexibility index (Phi) is 10.0. The molecule has 0 fully saturated rings. The smallest absolute Gasteiger partial charge is 0.550 e. The Balaban J connectivity index is 0.00000400. The van der Waals surface area contributed by atoms with Crippen LogP contribution in [0.5, 0.6) is 0 Å². The zero-order valence-electron chi connectivity index (χ0n) is 21.6. The maximum Gasteiger partial charge on any atom is 1.00 e. The van der Waals surface area contributed by atoms with Crippen LogP contribution in [-0.4, -0.2) is 21.6 Å². The molecule has 0 bridgehead atoms. The normalized spacial score (nSPS) is 11.2. The predicted molar refractivity (Wildman–Crippen MR) is 141 cm³/mol. The van der Waals surface area contributed by atoms with E-state index in [0.29, 0.717) is 23.5 Å². The van der Waals surface area contributed by atoms with Crippen molar-refractivity contribution in [2.45, 2.75) is 32.7 Å². The van der Waals surface area contributed by atoms with Gasteiger partial charge in [-0.15, -0.1) is 0 Å². The van der Waals surface area contributed by atoms with E-state index in [-0.39, 0.29) is 53.5 Å². The van der Waals surface area contributed by atoms with Gasteiger partial charge >= 0.3 is 35.6 Å². The molecule has 2 amide bonds. The second-order valence-corrected chi connectivity index (χ2v) is 8.90. The van der Waals surface area contributed by atoms with Crippen LogP contribution >= 0.6 is 0 Å². The van der Waals surface area contributed by atoms with E-state index in [9.17, 15) is 19.5 Å². The Morgan fingerprint density at radius 3 is 2.37 bits per heavy atom. The minimum atomic E-state index is -1.08. The third kappa shape index (κ3) is 7.41. The number of rotatable bonds is 8. The van der Waals surface area contributed by atoms with Crippen LogP contribution in [0.25, 0.3) is 11.3 Å². The molecule has 188 valence electrons. The van der Waals surface area contributed by atoms with Crippen molar-refractivity contribution in [3.05, 3.63) is 112 Å². The molecule has 4 aromatic rings. The Hall–Kier alpha value is -3.72. The van der Waals surface area contributed by atoms with Crippen LogP contribution in [0, 0.1) is 6.92 Å². The van der Waals surface area contributed by atoms with Gasteiger partial charge in [0.15, 0.2) is 0 Å². The van der Waals surface area contributed by atoms with Gasteiger partial charge in [0.1, 0.15) is 0 Å². The number of hydrogen-bond donors (Lipinski definition) is 2. The summed E-state index contributed by atoms with van der Waals surface area (Å²) in [7, 11) is 0. The average molecular weight is 519 g/mol. The van der Waals surface area contributed by atoms with Crippen LogP contribution in [-0.2, 0) is 11.3 Å². The second kappa shape index (κ2) is 13.2. The predicted octanol–water partition coefficient (Wildman–Crippen LogP) is 1.16. The number of para-hydroxylation sites is 1. The molecule has 0 unspecified atom stereocenters. The van der Waals surface area contributed by atoms with E-state index in [1.807, 2.05) is 62.4 Å². The van der Waals surface area contributed by atoms with Gasteiger partial charge in [-0.1, -0.05) is 49.4 Å². The fraction of sp³-hybridized carbons (Fsp3) is 0.172. The number of hydrogen-bond acceptors (Lipinski definition) is 5. The zero-order chi connectivity index (χ0) is 26.4. The number of carbonyl (C=O) groups excluding carboxylic acids is 2. The number of anilines is 2. The molecule has 9 heteroatoms. The van der Waals surface area contributed by atoms with Crippen LogP contribution < -0.4 is 50.9 Å². The number of urea groups is 1. The van der Waals surface area contributed by atoms with Gasteiger partial charge in [-0.3, -0.25) is 9.78 Å². The minimum absolute atomic E-state index is 0. The van der Waals surface area contributed by atoms with Gasteiger partial charge in [0.05, 0.1) is 29.7 Å². The molecule has 0 saturated heterocycles. The molecule has 2 aromatic carbocycles. The average Bonchev–Trinajstić information content (AvgIpc) is 2.87. The van der Waals surface area contributed by atoms with Crippen molar-refractivity contribution in [2.75, 3.05) is 10.6 Å². The van der Waals surface area contributed by atoms with Crippen LogP contribution in [0.15, 0.2) is 90.0 Å². The van der Waals surface area contributed by atoms with Crippen LogP contribution in [0.2, 0.25) is 0 Å². The fourth-order valence-electron chi connectivity index (χ4n) is 4.00. The largest absolute Gasteiger partial charge is 1.00 e. The maximum atomic E-state index is 13.1. The number of benzene rings is 2. The molecule has 2 heterocycles. The summed E-state index contributed by atoms with van der Waals surface area (Å²) >= 11 is 0. The summed E-state index contributed by atoms with van der Waals surface area (Å²) in [6.45, 7) is 4.11. The van der Waals surface area contributed by atoms with Gasteiger partial charge in [0.2, 0.25) is 0 Å². The van der Waals surface area contributed by atoms with E-state index < -0.39 is 5.97 Å². The monoisotopic (exact) mass is 518 g/mol. The SMILES string of the molecule is Cc1ccccc1NC(=O)Nc1ccc(-c2cccn(Cc3ccc([C@H](C)CC(=O)[O-])cc3)c2=O)nc1.[Na+]. The minimum Gasteiger partial charge on any atom is -0.550 e. The van der Waals surface area contributed by atoms with Crippen molar-refractivity contribution in [3.63, 3.8) is 0 Å². The number of carbonyl (C=O) groups is 2. The van der Waals surface area contributed by atoms with Gasteiger partial charge in [0.25, 0.3) is 5.56 Å². The molecule has 4 rings (SSSR count). The zero-order valence-corrected chi connectivity index (χ0v) is 23.6. The van der Waals surface area contributed by atoms with Gasteiger partial charge < -0.3 is 25.1 Å². The Morgan fingerprint density at radius 2 is 1.71 bits per heavy atom. The van der Waals surface area contributed by atoms with E-state index >= 15 is 0 Å². The first-order valence-corrected chi connectivity index (χ1v) is 11.9. The van der Waals surface area contributed by atoms with Gasteiger partial charge in [-0.25, -0.2) is 4.79 Å². The molecule has 2 N–H and O–H groups in total.